The molecule has 0 radical (unpaired) electrons. The second-order valence-corrected chi connectivity index (χ2v) is 6.31. The lowest BCUT2D eigenvalue weighted by Gasteiger charge is -2.34. The van der Waals surface area contributed by atoms with Gasteiger partial charge in [-0.25, -0.2) is 13.4 Å². The van der Waals surface area contributed by atoms with Gasteiger partial charge in [0.25, 0.3) is 0 Å². The van der Waals surface area contributed by atoms with E-state index in [4.69, 9.17) is 5.11 Å². The summed E-state index contributed by atoms with van der Waals surface area (Å²) in [5.41, 5.74) is 0.811. The number of sulfonamides is 1. The summed E-state index contributed by atoms with van der Waals surface area (Å²) in [6.07, 6.45) is 2.89. The third-order valence-corrected chi connectivity index (χ3v) is 4.33. The molecule has 18 heavy (non-hydrogen) atoms. The van der Waals surface area contributed by atoms with E-state index in [2.05, 4.69) is 4.98 Å². The lowest BCUT2D eigenvalue weighted by molar-refractivity contribution is 0.281. The molecule has 0 atom stereocenters. The Morgan fingerprint density at radius 1 is 1.33 bits per heavy atom. The number of hydrogen-bond acceptors (Lipinski definition) is 5. The van der Waals surface area contributed by atoms with Gasteiger partial charge in [-0.05, 0) is 17.7 Å². The Kier molecular flexibility index (Phi) is 3.84. The van der Waals surface area contributed by atoms with Crippen LogP contribution in [0, 0.1) is 0 Å². The highest BCUT2D eigenvalue weighted by atomic mass is 32.2. The number of rotatable bonds is 3. The minimum absolute atomic E-state index is 0.0151. The molecule has 1 saturated heterocycles. The van der Waals surface area contributed by atoms with Crippen molar-refractivity contribution >= 4 is 15.8 Å². The molecule has 1 aliphatic heterocycles. The van der Waals surface area contributed by atoms with Gasteiger partial charge in [0.05, 0.1) is 12.9 Å². The fourth-order valence-corrected chi connectivity index (χ4v) is 2.81. The number of pyridine rings is 1. The Morgan fingerprint density at radius 3 is 2.56 bits per heavy atom. The Hall–Kier alpha value is -1.18. The van der Waals surface area contributed by atoms with Gasteiger partial charge in [-0.3, -0.25) is 0 Å². The number of anilines is 1. The largest absolute Gasteiger partial charge is 0.392 e. The van der Waals surface area contributed by atoms with E-state index in [1.165, 1.54) is 10.6 Å². The summed E-state index contributed by atoms with van der Waals surface area (Å²) in [7, 11) is -3.10. The minimum Gasteiger partial charge on any atom is -0.392 e. The molecule has 100 valence electrons. The van der Waals surface area contributed by atoms with Gasteiger partial charge in [0, 0.05) is 32.4 Å². The Labute approximate surface area is 107 Å². The van der Waals surface area contributed by atoms with E-state index in [1.54, 1.807) is 12.3 Å². The molecule has 0 spiro atoms. The van der Waals surface area contributed by atoms with Crippen molar-refractivity contribution in [3.8, 4) is 0 Å². The Balaban J connectivity index is 2.05. The summed E-state index contributed by atoms with van der Waals surface area (Å²) in [5, 5.41) is 9.08. The van der Waals surface area contributed by atoms with E-state index in [1.807, 2.05) is 11.0 Å². The molecular formula is C11H17N3O3S. The van der Waals surface area contributed by atoms with Crippen LogP contribution in [0.15, 0.2) is 18.3 Å². The summed E-state index contributed by atoms with van der Waals surface area (Å²) >= 11 is 0. The molecule has 1 aromatic heterocycles. The van der Waals surface area contributed by atoms with Crippen molar-refractivity contribution in [3.05, 3.63) is 23.9 Å². The van der Waals surface area contributed by atoms with E-state index in [0.29, 0.717) is 26.2 Å². The molecular weight excluding hydrogens is 254 g/mol. The van der Waals surface area contributed by atoms with Crippen molar-refractivity contribution in [1.82, 2.24) is 9.29 Å². The fraction of sp³-hybridized carbons (Fsp3) is 0.545. The fourth-order valence-electron chi connectivity index (χ4n) is 1.98. The molecule has 0 unspecified atom stereocenters. The molecule has 1 aliphatic rings. The lowest BCUT2D eigenvalue weighted by Crippen LogP contribution is -2.48. The third-order valence-electron chi connectivity index (χ3n) is 3.02. The van der Waals surface area contributed by atoms with Crippen molar-refractivity contribution in [3.63, 3.8) is 0 Å². The topological polar surface area (TPSA) is 73.7 Å². The maximum atomic E-state index is 11.4. The molecule has 0 amide bonds. The number of piperazine rings is 1. The summed E-state index contributed by atoms with van der Waals surface area (Å²) in [5.74, 6) is 0.787. The molecule has 1 aromatic rings. The van der Waals surface area contributed by atoms with Crippen molar-refractivity contribution in [1.29, 1.82) is 0 Å². The summed E-state index contributed by atoms with van der Waals surface area (Å²) in [4.78, 5) is 6.27. The number of aromatic nitrogens is 1. The van der Waals surface area contributed by atoms with Gasteiger partial charge in [-0.15, -0.1) is 0 Å². The smallest absolute Gasteiger partial charge is 0.211 e. The van der Waals surface area contributed by atoms with Gasteiger partial charge in [-0.2, -0.15) is 4.31 Å². The van der Waals surface area contributed by atoms with Crippen molar-refractivity contribution in [2.75, 3.05) is 37.3 Å². The van der Waals surface area contributed by atoms with Gasteiger partial charge in [-0.1, -0.05) is 0 Å². The molecule has 7 heteroatoms. The molecule has 1 fully saturated rings. The second kappa shape index (κ2) is 5.21. The third kappa shape index (κ3) is 2.98. The molecule has 0 aromatic carbocycles. The molecule has 0 bridgehead atoms. The van der Waals surface area contributed by atoms with Crippen LogP contribution in [0.5, 0.6) is 0 Å². The normalized spacial score (nSPS) is 18.0. The second-order valence-electron chi connectivity index (χ2n) is 4.33. The van der Waals surface area contributed by atoms with E-state index >= 15 is 0 Å². The average molecular weight is 271 g/mol. The average Bonchev–Trinajstić information content (AvgIpc) is 2.38. The highest BCUT2D eigenvalue weighted by Crippen LogP contribution is 2.16. The maximum absolute atomic E-state index is 11.4. The summed E-state index contributed by atoms with van der Waals surface area (Å²) in [6, 6.07) is 3.59. The molecule has 1 N–H and O–H groups in total. The monoisotopic (exact) mass is 271 g/mol. The molecule has 2 heterocycles. The van der Waals surface area contributed by atoms with Crippen LogP contribution in [0.4, 0.5) is 5.82 Å². The predicted molar refractivity (Wildman–Crippen MR) is 68.8 cm³/mol. The Bertz CT molecular complexity index is 510. The van der Waals surface area contributed by atoms with Crippen LogP contribution in [0.2, 0.25) is 0 Å². The standard InChI is InChI=1S/C11H17N3O3S/c1-18(16,17)14-6-4-13(5-7-14)11-8-10(9-15)2-3-12-11/h2-3,8,15H,4-7,9H2,1H3. The minimum atomic E-state index is -3.10. The molecule has 0 saturated carbocycles. The van der Waals surface area contributed by atoms with Crippen molar-refractivity contribution in [2.45, 2.75) is 6.61 Å². The zero-order valence-corrected chi connectivity index (χ0v) is 11.1. The number of nitrogens with zero attached hydrogens (tertiary/aromatic N) is 3. The Morgan fingerprint density at radius 2 is 2.00 bits per heavy atom. The van der Waals surface area contributed by atoms with Crippen LogP contribution in [0.3, 0.4) is 0 Å². The summed E-state index contributed by atoms with van der Waals surface area (Å²) in [6.45, 7) is 2.18. The van der Waals surface area contributed by atoms with Crippen LogP contribution < -0.4 is 4.90 Å². The zero-order valence-electron chi connectivity index (χ0n) is 10.3. The number of hydrogen-bond donors (Lipinski definition) is 1. The van der Waals surface area contributed by atoms with Gasteiger partial charge >= 0.3 is 0 Å². The van der Waals surface area contributed by atoms with Crippen LogP contribution in [0.25, 0.3) is 0 Å². The van der Waals surface area contributed by atoms with E-state index < -0.39 is 10.0 Å². The highest BCUT2D eigenvalue weighted by Gasteiger charge is 2.23. The number of aliphatic hydroxyl groups is 1. The first-order valence-electron chi connectivity index (χ1n) is 5.76. The molecule has 0 aliphatic carbocycles. The van der Waals surface area contributed by atoms with Crippen molar-refractivity contribution < 1.29 is 13.5 Å². The van der Waals surface area contributed by atoms with Gasteiger partial charge < -0.3 is 10.0 Å². The quantitative estimate of drug-likeness (QED) is 0.814. The van der Waals surface area contributed by atoms with Crippen LogP contribution in [-0.2, 0) is 16.6 Å². The summed E-state index contributed by atoms with van der Waals surface area (Å²) < 4.78 is 24.2. The highest BCUT2D eigenvalue weighted by molar-refractivity contribution is 7.88. The SMILES string of the molecule is CS(=O)(=O)N1CCN(c2cc(CO)ccn2)CC1. The van der Waals surface area contributed by atoms with Crippen LogP contribution >= 0.6 is 0 Å². The van der Waals surface area contributed by atoms with Crippen molar-refractivity contribution in [2.24, 2.45) is 0 Å². The van der Waals surface area contributed by atoms with E-state index in [-0.39, 0.29) is 6.61 Å². The van der Waals surface area contributed by atoms with E-state index in [0.717, 1.165) is 11.4 Å². The van der Waals surface area contributed by atoms with Crippen LogP contribution in [0.1, 0.15) is 5.56 Å². The number of aliphatic hydroxyl groups excluding tert-OH is 1. The van der Waals surface area contributed by atoms with E-state index in [9.17, 15) is 8.42 Å². The predicted octanol–water partition coefficient (Wildman–Crippen LogP) is -0.345. The van der Waals surface area contributed by atoms with Gasteiger partial charge in [0.15, 0.2) is 0 Å². The zero-order chi connectivity index (χ0) is 13.2. The first kappa shape index (κ1) is 13.3. The van der Waals surface area contributed by atoms with Gasteiger partial charge in [0.2, 0.25) is 10.0 Å². The van der Waals surface area contributed by atoms with Gasteiger partial charge in [0.1, 0.15) is 5.82 Å². The van der Waals surface area contributed by atoms with Crippen LogP contribution in [-0.4, -0.2) is 55.2 Å². The molecule has 6 nitrogen and oxygen atoms in total. The lowest BCUT2D eigenvalue weighted by atomic mass is 10.2. The first-order valence-corrected chi connectivity index (χ1v) is 7.61. The maximum Gasteiger partial charge on any atom is 0.211 e. The first-order chi connectivity index (χ1) is 8.50. The molecule has 2 rings (SSSR count).